The minimum atomic E-state index is -0.165. The molecule has 25 heavy (non-hydrogen) atoms. The molecule has 0 unspecified atom stereocenters. The monoisotopic (exact) mass is 343 g/mol. The zero-order valence-corrected chi connectivity index (χ0v) is 15.2. The molecule has 0 radical (unpaired) electrons. The highest BCUT2D eigenvalue weighted by Gasteiger charge is 2.10. The molecule has 2 N–H and O–H groups in total. The lowest BCUT2D eigenvalue weighted by Gasteiger charge is -2.10. The number of aromatic amines is 1. The summed E-state index contributed by atoms with van der Waals surface area (Å²) in [6.07, 6.45) is 1.34. The molecule has 2 aromatic rings. The van der Waals surface area contributed by atoms with E-state index < -0.39 is 0 Å². The predicted octanol–water partition coefficient (Wildman–Crippen LogP) is 2.00. The van der Waals surface area contributed by atoms with Crippen LogP contribution in [0.5, 0.6) is 5.75 Å². The summed E-state index contributed by atoms with van der Waals surface area (Å²) >= 11 is 0. The number of hydrogen-bond acceptors (Lipinski definition) is 4. The highest BCUT2D eigenvalue weighted by molar-refractivity contribution is 5.76. The Morgan fingerprint density at radius 2 is 2.00 bits per heavy atom. The molecular weight excluding hydrogens is 318 g/mol. The number of carbonyl (C=O) groups excluding carboxylic acids is 1. The number of rotatable bonds is 7. The highest BCUT2D eigenvalue weighted by atomic mass is 16.5. The molecule has 0 fully saturated rings. The second-order valence-corrected chi connectivity index (χ2v) is 6.13. The predicted molar refractivity (Wildman–Crippen MR) is 97.1 cm³/mol. The Kier molecular flexibility index (Phi) is 6.33. The molecule has 0 aliphatic rings. The van der Waals surface area contributed by atoms with Crippen molar-refractivity contribution in [3.05, 3.63) is 56.8 Å². The van der Waals surface area contributed by atoms with E-state index in [1.807, 2.05) is 19.1 Å². The standard InChI is InChI=1S/C19H25N3O3/c1-12-5-7-17(25-4)15(11-12)9-10-20-18(23)8-6-16-13(2)21-14(3)22-19(16)24/h5,7,11H,6,8-10H2,1-4H3,(H,20,23)(H,21,22,24). The van der Waals surface area contributed by atoms with Crippen molar-refractivity contribution in [3.8, 4) is 5.75 Å². The summed E-state index contributed by atoms with van der Waals surface area (Å²) < 4.78 is 5.34. The van der Waals surface area contributed by atoms with Crippen molar-refractivity contribution in [2.24, 2.45) is 0 Å². The summed E-state index contributed by atoms with van der Waals surface area (Å²) in [4.78, 5) is 30.9. The summed E-state index contributed by atoms with van der Waals surface area (Å²) in [5, 5.41) is 2.90. The molecule has 0 bridgehead atoms. The summed E-state index contributed by atoms with van der Waals surface area (Å²) in [6.45, 7) is 6.08. The van der Waals surface area contributed by atoms with Crippen LogP contribution in [0.25, 0.3) is 0 Å². The minimum Gasteiger partial charge on any atom is -0.496 e. The third-order valence-corrected chi connectivity index (χ3v) is 4.10. The van der Waals surface area contributed by atoms with Crippen LogP contribution in [0.3, 0.4) is 0 Å². The molecule has 0 aliphatic carbocycles. The maximum atomic E-state index is 12.0. The maximum Gasteiger partial charge on any atom is 0.254 e. The van der Waals surface area contributed by atoms with Crippen LogP contribution < -0.4 is 15.6 Å². The first-order valence-corrected chi connectivity index (χ1v) is 8.37. The smallest absolute Gasteiger partial charge is 0.254 e. The summed E-state index contributed by atoms with van der Waals surface area (Å²) in [5.41, 5.74) is 3.31. The fourth-order valence-electron chi connectivity index (χ4n) is 2.81. The normalized spacial score (nSPS) is 10.6. The second kappa shape index (κ2) is 8.46. The summed E-state index contributed by atoms with van der Waals surface area (Å²) in [6, 6.07) is 5.99. The van der Waals surface area contributed by atoms with E-state index in [1.165, 1.54) is 0 Å². The van der Waals surface area contributed by atoms with Crippen LogP contribution in [0.4, 0.5) is 0 Å². The van der Waals surface area contributed by atoms with Crippen LogP contribution in [-0.4, -0.2) is 29.5 Å². The van der Waals surface area contributed by atoms with Gasteiger partial charge in [0.25, 0.3) is 5.56 Å². The number of amides is 1. The van der Waals surface area contributed by atoms with Gasteiger partial charge in [-0.2, -0.15) is 0 Å². The van der Waals surface area contributed by atoms with Gasteiger partial charge >= 0.3 is 0 Å². The number of methoxy groups -OCH3 is 1. The van der Waals surface area contributed by atoms with Crippen LogP contribution in [0.2, 0.25) is 0 Å². The number of H-pyrrole nitrogens is 1. The number of carbonyl (C=O) groups is 1. The van der Waals surface area contributed by atoms with Crippen molar-refractivity contribution in [1.82, 2.24) is 15.3 Å². The molecule has 134 valence electrons. The SMILES string of the molecule is COc1ccc(C)cc1CCNC(=O)CCc1c(C)nc(C)[nH]c1=O. The van der Waals surface area contributed by atoms with Crippen molar-refractivity contribution >= 4 is 5.91 Å². The van der Waals surface area contributed by atoms with Crippen LogP contribution in [-0.2, 0) is 17.6 Å². The van der Waals surface area contributed by atoms with Gasteiger partial charge in [0.1, 0.15) is 11.6 Å². The molecule has 6 nitrogen and oxygen atoms in total. The van der Waals surface area contributed by atoms with Crippen molar-refractivity contribution < 1.29 is 9.53 Å². The first-order chi connectivity index (χ1) is 11.9. The molecule has 1 aromatic heterocycles. The van der Waals surface area contributed by atoms with Crippen molar-refractivity contribution in [1.29, 1.82) is 0 Å². The Hall–Kier alpha value is -2.63. The van der Waals surface area contributed by atoms with Gasteiger partial charge in [0, 0.05) is 24.2 Å². The highest BCUT2D eigenvalue weighted by Crippen LogP contribution is 2.19. The molecule has 6 heteroatoms. The number of aromatic nitrogens is 2. The molecule has 0 saturated heterocycles. The topological polar surface area (TPSA) is 84.1 Å². The van der Waals surface area contributed by atoms with E-state index in [9.17, 15) is 9.59 Å². The van der Waals surface area contributed by atoms with E-state index in [0.717, 1.165) is 16.9 Å². The van der Waals surface area contributed by atoms with E-state index in [4.69, 9.17) is 4.74 Å². The number of nitrogens with one attached hydrogen (secondary N) is 2. The number of ether oxygens (including phenoxy) is 1. The average Bonchev–Trinajstić information content (AvgIpc) is 2.54. The number of nitrogens with zero attached hydrogens (tertiary/aromatic N) is 1. The molecule has 0 spiro atoms. The van der Waals surface area contributed by atoms with Gasteiger partial charge in [-0.25, -0.2) is 4.98 Å². The van der Waals surface area contributed by atoms with Crippen LogP contribution >= 0.6 is 0 Å². The first kappa shape index (κ1) is 18.7. The molecule has 1 aromatic carbocycles. The summed E-state index contributed by atoms with van der Waals surface area (Å²) in [5.74, 6) is 1.33. The van der Waals surface area contributed by atoms with E-state index >= 15 is 0 Å². The van der Waals surface area contributed by atoms with Crippen LogP contribution in [0, 0.1) is 20.8 Å². The van der Waals surface area contributed by atoms with Gasteiger partial charge < -0.3 is 15.0 Å². The van der Waals surface area contributed by atoms with Crippen LogP contribution in [0.1, 0.15) is 34.6 Å². The fourth-order valence-corrected chi connectivity index (χ4v) is 2.81. The van der Waals surface area contributed by atoms with Gasteiger partial charge in [-0.1, -0.05) is 17.7 Å². The third-order valence-electron chi connectivity index (χ3n) is 4.10. The average molecular weight is 343 g/mol. The lowest BCUT2D eigenvalue weighted by molar-refractivity contribution is -0.121. The van der Waals surface area contributed by atoms with Crippen molar-refractivity contribution in [3.63, 3.8) is 0 Å². The van der Waals surface area contributed by atoms with E-state index in [1.54, 1.807) is 21.0 Å². The molecule has 0 atom stereocenters. The fraction of sp³-hybridized carbons (Fsp3) is 0.421. The largest absolute Gasteiger partial charge is 0.496 e. The number of aryl methyl sites for hydroxylation is 3. The van der Waals surface area contributed by atoms with Gasteiger partial charge in [-0.3, -0.25) is 9.59 Å². The van der Waals surface area contributed by atoms with Gasteiger partial charge in [0.15, 0.2) is 0 Å². The number of benzene rings is 1. The van der Waals surface area contributed by atoms with E-state index in [-0.39, 0.29) is 17.9 Å². The van der Waals surface area contributed by atoms with Crippen molar-refractivity contribution in [2.75, 3.05) is 13.7 Å². The molecule has 0 aliphatic heterocycles. The van der Waals surface area contributed by atoms with Gasteiger partial charge in [-0.05, 0) is 45.2 Å². The van der Waals surface area contributed by atoms with E-state index in [2.05, 4.69) is 21.4 Å². The second-order valence-electron chi connectivity index (χ2n) is 6.13. The van der Waals surface area contributed by atoms with Crippen molar-refractivity contribution in [2.45, 2.75) is 40.0 Å². The Morgan fingerprint density at radius 3 is 2.68 bits per heavy atom. The molecule has 2 rings (SSSR count). The maximum absolute atomic E-state index is 12.0. The molecule has 1 amide bonds. The van der Waals surface area contributed by atoms with Gasteiger partial charge in [0.05, 0.1) is 7.11 Å². The van der Waals surface area contributed by atoms with E-state index in [0.29, 0.717) is 36.5 Å². The Balaban J connectivity index is 1.86. The molecule has 0 saturated carbocycles. The Morgan fingerprint density at radius 1 is 1.24 bits per heavy atom. The molecular formula is C19H25N3O3. The lowest BCUT2D eigenvalue weighted by Crippen LogP contribution is -2.27. The minimum absolute atomic E-state index is 0.0778. The van der Waals surface area contributed by atoms with Crippen LogP contribution in [0.15, 0.2) is 23.0 Å². The Bertz CT molecular complexity index is 812. The van der Waals surface area contributed by atoms with Gasteiger partial charge in [-0.15, -0.1) is 0 Å². The number of hydrogen-bond donors (Lipinski definition) is 2. The lowest BCUT2D eigenvalue weighted by atomic mass is 10.1. The summed E-state index contributed by atoms with van der Waals surface area (Å²) in [7, 11) is 1.64. The third kappa shape index (κ3) is 5.17. The zero-order valence-electron chi connectivity index (χ0n) is 15.2. The molecule has 1 heterocycles. The quantitative estimate of drug-likeness (QED) is 0.805. The van der Waals surface area contributed by atoms with Gasteiger partial charge in [0.2, 0.25) is 5.91 Å². The zero-order chi connectivity index (χ0) is 18.4. The first-order valence-electron chi connectivity index (χ1n) is 8.37. The Labute approximate surface area is 147 Å².